The molecular weight excluding hydrogens is 299 g/mol. The first kappa shape index (κ1) is 15.6. The molecule has 0 heterocycles. The molecule has 0 bridgehead atoms. The van der Waals surface area contributed by atoms with Gasteiger partial charge >= 0.3 is 0 Å². The predicted molar refractivity (Wildman–Crippen MR) is 74.1 cm³/mol. The van der Waals surface area contributed by atoms with E-state index in [0.717, 1.165) is 5.56 Å². The summed E-state index contributed by atoms with van der Waals surface area (Å²) in [5.74, 6) is -0.0931. The molecule has 0 saturated heterocycles. The number of halogens is 2. The lowest BCUT2D eigenvalue weighted by atomic mass is 9.96. The molecule has 2 unspecified atom stereocenters. The zero-order valence-corrected chi connectivity index (χ0v) is 12.6. The first-order chi connectivity index (χ1) is 8.47. The molecule has 0 aliphatic heterocycles. The fourth-order valence-electron chi connectivity index (χ4n) is 1.99. The molecule has 4 heteroatoms. The largest absolute Gasteiger partial charge is 0.390 e. The minimum Gasteiger partial charge on any atom is -0.390 e. The van der Waals surface area contributed by atoms with E-state index < -0.39 is 6.10 Å². The molecule has 0 amide bonds. The van der Waals surface area contributed by atoms with Crippen LogP contribution in [-0.2, 0) is 11.2 Å². The van der Waals surface area contributed by atoms with Gasteiger partial charge in [-0.3, -0.25) is 0 Å². The van der Waals surface area contributed by atoms with Crippen molar-refractivity contribution in [3.63, 3.8) is 0 Å². The van der Waals surface area contributed by atoms with Crippen molar-refractivity contribution in [3.05, 3.63) is 34.1 Å². The van der Waals surface area contributed by atoms with Crippen molar-refractivity contribution in [1.29, 1.82) is 0 Å². The Morgan fingerprint density at radius 3 is 2.61 bits per heavy atom. The second-order valence-corrected chi connectivity index (χ2v) is 5.44. The van der Waals surface area contributed by atoms with Crippen LogP contribution in [-0.4, -0.2) is 23.9 Å². The molecule has 0 spiro atoms. The van der Waals surface area contributed by atoms with E-state index in [4.69, 9.17) is 4.74 Å². The maximum absolute atomic E-state index is 13.4. The summed E-state index contributed by atoms with van der Waals surface area (Å²) in [6.07, 6.45) is -0.491. The van der Waals surface area contributed by atoms with E-state index in [2.05, 4.69) is 15.9 Å². The van der Waals surface area contributed by atoms with Gasteiger partial charge in [0.25, 0.3) is 0 Å². The summed E-state index contributed by atoms with van der Waals surface area (Å²) in [6, 6.07) is 4.84. The summed E-state index contributed by atoms with van der Waals surface area (Å²) >= 11 is 3.21. The van der Waals surface area contributed by atoms with E-state index in [-0.39, 0.29) is 17.8 Å². The van der Waals surface area contributed by atoms with E-state index >= 15 is 0 Å². The van der Waals surface area contributed by atoms with Crippen LogP contribution in [0.25, 0.3) is 0 Å². The van der Waals surface area contributed by atoms with Crippen LogP contribution in [0.1, 0.15) is 26.3 Å². The molecule has 2 atom stereocenters. The Morgan fingerprint density at radius 1 is 1.39 bits per heavy atom. The van der Waals surface area contributed by atoms with Crippen LogP contribution in [0.15, 0.2) is 22.7 Å². The Hall–Kier alpha value is -0.450. The van der Waals surface area contributed by atoms with Crippen molar-refractivity contribution in [2.75, 3.05) is 6.61 Å². The second kappa shape index (κ2) is 7.22. The van der Waals surface area contributed by atoms with E-state index in [9.17, 15) is 9.50 Å². The molecule has 0 fully saturated rings. The summed E-state index contributed by atoms with van der Waals surface area (Å²) in [6.45, 7) is 6.47. The average Bonchev–Trinajstić information content (AvgIpc) is 2.31. The maximum Gasteiger partial charge on any atom is 0.137 e. The zero-order valence-electron chi connectivity index (χ0n) is 11.0. The first-order valence-corrected chi connectivity index (χ1v) is 6.99. The third-order valence-electron chi connectivity index (χ3n) is 2.86. The molecule has 0 saturated carbocycles. The van der Waals surface area contributed by atoms with Gasteiger partial charge in [-0.05, 0) is 40.4 Å². The summed E-state index contributed by atoms with van der Waals surface area (Å²) in [5.41, 5.74) is 0.757. The Balaban J connectivity index is 2.79. The highest BCUT2D eigenvalue weighted by Crippen LogP contribution is 2.24. The third-order valence-corrected chi connectivity index (χ3v) is 3.74. The monoisotopic (exact) mass is 318 g/mol. The van der Waals surface area contributed by atoms with Crippen molar-refractivity contribution >= 4 is 15.9 Å². The summed E-state index contributed by atoms with van der Waals surface area (Å²) in [7, 11) is 0. The molecule has 0 aromatic heterocycles. The Kier molecular flexibility index (Phi) is 6.26. The number of aliphatic hydroxyl groups is 1. The average molecular weight is 319 g/mol. The van der Waals surface area contributed by atoms with Crippen LogP contribution in [0.3, 0.4) is 0 Å². The van der Waals surface area contributed by atoms with E-state index in [1.807, 2.05) is 20.8 Å². The lowest BCUT2D eigenvalue weighted by molar-refractivity contribution is -0.0562. The van der Waals surface area contributed by atoms with E-state index in [0.29, 0.717) is 17.5 Å². The van der Waals surface area contributed by atoms with Crippen LogP contribution in [0.4, 0.5) is 4.39 Å². The molecule has 18 heavy (non-hydrogen) atoms. The maximum atomic E-state index is 13.4. The number of hydrogen-bond donors (Lipinski definition) is 1. The number of hydrogen-bond acceptors (Lipinski definition) is 2. The van der Waals surface area contributed by atoms with E-state index in [1.54, 1.807) is 12.1 Å². The van der Waals surface area contributed by atoms with Gasteiger partial charge in [0.05, 0.1) is 16.7 Å². The third kappa shape index (κ3) is 4.04. The molecule has 102 valence electrons. The Bertz CT molecular complexity index is 382. The van der Waals surface area contributed by atoms with E-state index in [1.165, 1.54) is 6.07 Å². The molecular formula is C14H20BrFO2. The van der Waals surface area contributed by atoms with Gasteiger partial charge in [0.1, 0.15) is 5.82 Å². The highest BCUT2D eigenvalue weighted by molar-refractivity contribution is 9.10. The lowest BCUT2D eigenvalue weighted by Crippen LogP contribution is -2.35. The molecule has 2 nitrogen and oxygen atoms in total. The SMILES string of the molecule is CCOC(C(C)C)C(O)Cc1cccc(F)c1Br. The summed E-state index contributed by atoms with van der Waals surface area (Å²) in [4.78, 5) is 0. The second-order valence-electron chi connectivity index (χ2n) is 4.65. The quantitative estimate of drug-likeness (QED) is 0.869. The van der Waals surface area contributed by atoms with Crippen LogP contribution in [0, 0.1) is 11.7 Å². The minimum atomic E-state index is -0.636. The van der Waals surface area contributed by atoms with Crippen LogP contribution in [0.5, 0.6) is 0 Å². The molecule has 1 aromatic carbocycles. The van der Waals surface area contributed by atoms with Gasteiger partial charge in [0.15, 0.2) is 0 Å². The smallest absolute Gasteiger partial charge is 0.137 e. The number of aliphatic hydroxyl groups excluding tert-OH is 1. The summed E-state index contributed by atoms with van der Waals surface area (Å²) < 4.78 is 19.3. The van der Waals surface area contributed by atoms with Crippen LogP contribution >= 0.6 is 15.9 Å². The molecule has 0 aliphatic carbocycles. The van der Waals surface area contributed by atoms with Crippen LogP contribution < -0.4 is 0 Å². The van der Waals surface area contributed by atoms with Crippen molar-refractivity contribution in [2.24, 2.45) is 5.92 Å². The number of rotatable bonds is 6. The van der Waals surface area contributed by atoms with Gasteiger partial charge < -0.3 is 9.84 Å². The van der Waals surface area contributed by atoms with Gasteiger partial charge in [-0.25, -0.2) is 4.39 Å². The highest BCUT2D eigenvalue weighted by atomic mass is 79.9. The standard InChI is InChI=1S/C14H20BrFO2/c1-4-18-14(9(2)3)12(17)8-10-6-5-7-11(16)13(10)15/h5-7,9,12,14,17H,4,8H2,1-3H3. The first-order valence-electron chi connectivity index (χ1n) is 6.19. The summed E-state index contributed by atoms with van der Waals surface area (Å²) in [5, 5.41) is 10.2. The molecule has 0 aliphatic rings. The Labute approximate surface area is 116 Å². The zero-order chi connectivity index (χ0) is 13.7. The number of benzene rings is 1. The van der Waals surface area contributed by atoms with Crippen LogP contribution in [0.2, 0.25) is 0 Å². The predicted octanol–water partition coefficient (Wildman–Crippen LogP) is 3.55. The lowest BCUT2D eigenvalue weighted by Gasteiger charge is -2.26. The van der Waals surface area contributed by atoms with Gasteiger partial charge in [0, 0.05) is 13.0 Å². The molecule has 1 rings (SSSR count). The van der Waals surface area contributed by atoms with Gasteiger partial charge in [-0.15, -0.1) is 0 Å². The van der Waals surface area contributed by atoms with Crippen molar-refractivity contribution in [1.82, 2.24) is 0 Å². The topological polar surface area (TPSA) is 29.5 Å². The number of ether oxygens (including phenoxy) is 1. The highest BCUT2D eigenvalue weighted by Gasteiger charge is 2.24. The molecule has 0 radical (unpaired) electrons. The Morgan fingerprint density at radius 2 is 2.06 bits per heavy atom. The van der Waals surface area contributed by atoms with Crippen molar-refractivity contribution in [3.8, 4) is 0 Å². The van der Waals surface area contributed by atoms with Gasteiger partial charge in [-0.1, -0.05) is 26.0 Å². The van der Waals surface area contributed by atoms with Gasteiger partial charge in [-0.2, -0.15) is 0 Å². The van der Waals surface area contributed by atoms with Crippen molar-refractivity contribution < 1.29 is 14.2 Å². The molecule has 1 N–H and O–H groups in total. The molecule has 1 aromatic rings. The fraction of sp³-hybridized carbons (Fsp3) is 0.571. The normalized spacial score (nSPS) is 14.8. The fourth-order valence-corrected chi connectivity index (χ4v) is 2.41. The van der Waals surface area contributed by atoms with Crippen molar-refractivity contribution in [2.45, 2.75) is 39.4 Å². The van der Waals surface area contributed by atoms with Gasteiger partial charge in [0.2, 0.25) is 0 Å². The minimum absolute atomic E-state index is 0.215.